The Kier molecular flexibility index (Phi) is 5.09. The van der Waals surface area contributed by atoms with E-state index in [9.17, 15) is 8.42 Å². The molecule has 0 amide bonds. The Labute approximate surface area is 166 Å². The van der Waals surface area contributed by atoms with Crippen LogP contribution >= 0.6 is 23.2 Å². The Morgan fingerprint density at radius 3 is 2.56 bits per heavy atom. The highest BCUT2D eigenvalue weighted by Gasteiger charge is 2.31. The average molecular weight is 427 g/mol. The zero-order chi connectivity index (χ0) is 19.0. The minimum absolute atomic E-state index is 0.121. The van der Waals surface area contributed by atoms with Gasteiger partial charge in [-0.2, -0.15) is 4.31 Å². The molecule has 1 saturated heterocycles. The van der Waals surface area contributed by atoms with Crippen LogP contribution in [0.1, 0.15) is 5.56 Å². The summed E-state index contributed by atoms with van der Waals surface area (Å²) in [7, 11) is -3.67. The second kappa shape index (κ2) is 7.37. The first-order valence-electron chi connectivity index (χ1n) is 8.33. The normalized spacial score (nSPS) is 16.8. The highest BCUT2D eigenvalue weighted by atomic mass is 35.5. The fourth-order valence-electron chi connectivity index (χ4n) is 3.15. The summed E-state index contributed by atoms with van der Waals surface area (Å²) in [4.78, 5) is 2.29. The molecular weight excluding hydrogens is 411 g/mol. The lowest BCUT2D eigenvalue weighted by Crippen LogP contribution is -2.48. The Balaban J connectivity index is 1.48. The molecule has 0 bridgehead atoms. The third kappa shape index (κ3) is 3.68. The van der Waals surface area contributed by atoms with E-state index in [1.54, 1.807) is 24.3 Å². The number of piperazine rings is 1. The van der Waals surface area contributed by atoms with E-state index in [4.69, 9.17) is 23.2 Å². The molecule has 1 aliphatic rings. The molecule has 0 aliphatic carbocycles. The second-order valence-electron chi connectivity index (χ2n) is 6.30. The Morgan fingerprint density at radius 1 is 1.04 bits per heavy atom. The first-order valence-corrected chi connectivity index (χ1v) is 10.5. The van der Waals surface area contributed by atoms with Crippen molar-refractivity contribution >= 4 is 44.3 Å². The smallest absolute Gasteiger partial charge is 0.245 e. The lowest BCUT2D eigenvalue weighted by Gasteiger charge is -2.34. The summed E-state index contributed by atoms with van der Waals surface area (Å²) >= 11 is 12.2. The molecule has 0 radical (unpaired) electrons. The van der Waals surface area contributed by atoms with Gasteiger partial charge >= 0.3 is 0 Å². The summed E-state index contributed by atoms with van der Waals surface area (Å²) in [6.45, 7) is 2.62. The van der Waals surface area contributed by atoms with Crippen LogP contribution in [0.5, 0.6) is 0 Å². The number of fused-ring (bicyclic) bond motifs is 1. The summed E-state index contributed by atoms with van der Waals surface area (Å²) in [6, 6.07) is 10.2. The van der Waals surface area contributed by atoms with Crippen LogP contribution in [0.3, 0.4) is 0 Å². The maximum atomic E-state index is 13.0. The molecule has 0 saturated carbocycles. The maximum absolute atomic E-state index is 13.0. The average Bonchev–Trinajstić information content (AvgIpc) is 3.13. The van der Waals surface area contributed by atoms with Gasteiger partial charge in [-0.1, -0.05) is 35.3 Å². The third-order valence-electron chi connectivity index (χ3n) is 4.61. The first kappa shape index (κ1) is 18.6. The number of nitrogens with zero attached hydrogens (tertiary/aromatic N) is 4. The quantitative estimate of drug-likeness (QED) is 0.637. The summed E-state index contributed by atoms with van der Waals surface area (Å²) in [5.41, 5.74) is 1.65. The Bertz CT molecular complexity index is 1080. The standard InChI is InChI=1S/C17H16Cl2N4O3S/c18-13-5-4-12(14(19)10-13)11-22-6-8-23(9-7-22)27(24,25)16-3-1-2-15-17(16)21-26-20-15/h1-5,10H,6-9,11H2. The zero-order valence-electron chi connectivity index (χ0n) is 14.2. The molecule has 27 heavy (non-hydrogen) atoms. The lowest BCUT2D eigenvalue weighted by atomic mass is 10.2. The van der Waals surface area contributed by atoms with Crippen LogP contribution in [0.4, 0.5) is 0 Å². The van der Waals surface area contributed by atoms with Crippen molar-refractivity contribution < 1.29 is 13.0 Å². The molecule has 1 aliphatic heterocycles. The molecule has 1 aromatic heterocycles. The van der Waals surface area contributed by atoms with Gasteiger partial charge in [0.05, 0.1) is 0 Å². The minimum atomic E-state index is -3.67. The number of benzene rings is 2. The van der Waals surface area contributed by atoms with Gasteiger partial charge in [0.1, 0.15) is 10.4 Å². The Hall–Kier alpha value is -1.71. The van der Waals surface area contributed by atoms with Crippen LogP contribution in [-0.4, -0.2) is 54.1 Å². The largest absolute Gasteiger partial charge is 0.296 e. The minimum Gasteiger partial charge on any atom is -0.296 e. The van der Waals surface area contributed by atoms with Gasteiger partial charge < -0.3 is 0 Å². The number of rotatable bonds is 4. The lowest BCUT2D eigenvalue weighted by molar-refractivity contribution is 0.181. The molecule has 3 aromatic rings. The first-order chi connectivity index (χ1) is 12.9. The second-order valence-corrected chi connectivity index (χ2v) is 9.05. The van der Waals surface area contributed by atoms with E-state index < -0.39 is 10.0 Å². The summed E-state index contributed by atoms with van der Waals surface area (Å²) in [6.07, 6.45) is 0. The number of halogens is 2. The van der Waals surface area contributed by atoms with Gasteiger partial charge in [0.2, 0.25) is 10.0 Å². The van der Waals surface area contributed by atoms with Gasteiger partial charge in [0, 0.05) is 42.8 Å². The van der Waals surface area contributed by atoms with Crippen molar-refractivity contribution in [1.82, 2.24) is 19.5 Å². The summed E-state index contributed by atoms with van der Waals surface area (Å²) < 4.78 is 32.2. The molecule has 142 valence electrons. The van der Waals surface area contributed by atoms with Gasteiger partial charge in [-0.25, -0.2) is 13.0 Å². The van der Waals surface area contributed by atoms with Gasteiger partial charge in [0.15, 0.2) is 5.52 Å². The molecule has 1 fully saturated rings. The van der Waals surface area contributed by atoms with Crippen LogP contribution in [0.25, 0.3) is 11.0 Å². The van der Waals surface area contributed by atoms with Gasteiger partial charge in [-0.3, -0.25) is 4.90 Å². The van der Waals surface area contributed by atoms with Gasteiger partial charge in [-0.05, 0) is 40.1 Å². The molecule has 4 rings (SSSR count). The maximum Gasteiger partial charge on any atom is 0.245 e. The van der Waals surface area contributed by atoms with Crippen molar-refractivity contribution in [2.45, 2.75) is 11.4 Å². The van der Waals surface area contributed by atoms with E-state index >= 15 is 0 Å². The van der Waals surface area contributed by atoms with E-state index in [2.05, 4.69) is 19.8 Å². The molecule has 0 spiro atoms. The van der Waals surface area contributed by atoms with E-state index in [1.807, 2.05) is 6.07 Å². The number of aromatic nitrogens is 2. The molecule has 7 nitrogen and oxygen atoms in total. The van der Waals surface area contributed by atoms with E-state index in [-0.39, 0.29) is 10.4 Å². The fraction of sp³-hybridized carbons (Fsp3) is 0.294. The summed E-state index contributed by atoms with van der Waals surface area (Å²) in [5.74, 6) is 0. The van der Waals surface area contributed by atoms with Crippen LogP contribution in [0.15, 0.2) is 45.9 Å². The molecule has 0 N–H and O–H groups in total. The number of hydrogen-bond donors (Lipinski definition) is 0. The van der Waals surface area contributed by atoms with E-state index in [0.29, 0.717) is 48.3 Å². The van der Waals surface area contributed by atoms with Crippen molar-refractivity contribution in [3.8, 4) is 0 Å². The molecule has 0 unspecified atom stereocenters. The highest BCUT2D eigenvalue weighted by Crippen LogP contribution is 2.26. The Morgan fingerprint density at radius 2 is 1.81 bits per heavy atom. The highest BCUT2D eigenvalue weighted by molar-refractivity contribution is 7.89. The zero-order valence-corrected chi connectivity index (χ0v) is 16.5. The number of sulfonamides is 1. The topological polar surface area (TPSA) is 79.5 Å². The van der Waals surface area contributed by atoms with Crippen LogP contribution in [0, 0.1) is 0 Å². The monoisotopic (exact) mass is 426 g/mol. The van der Waals surface area contributed by atoms with Crippen molar-refractivity contribution in [3.63, 3.8) is 0 Å². The van der Waals surface area contributed by atoms with E-state index in [0.717, 1.165) is 5.56 Å². The SMILES string of the molecule is O=S(=O)(c1cccc2nonc12)N1CCN(Cc2ccc(Cl)cc2Cl)CC1. The van der Waals surface area contributed by atoms with Gasteiger partial charge in [0.25, 0.3) is 0 Å². The van der Waals surface area contributed by atoms with Crippen LogP contribution in [-0.2, 0) is 16.6 Å². The molecule has 0 atom stereocenters. The van der Waals surface area contributed by atoms with Gasteiger partial charge in [-0.15, -0.1) is 0 Å². The van der Waals surface area contributed by atoms with E-state index in [1.165, 1.54) is 10.4 Å². The number of hydrogen-bond acceptors (Lipinski definition) is 6. The molecular formula is C17H16Cl2N4O3S. The third-order valence-corrected chi connectivity index (χ3v) is 7.12. The predicted molar refractivity (Wildman–Crippen MR) is 102 cm³/mol. The fourth-order valence-corrected chi connectivity index (χ4v) is 5.17. The predicted octanol–water partition coefficient (Wildman–Crippen LogP) is 3.04. The van der Waals surface area contributed by atoms with Crippen LogP contribution in [0.2, 0.25) is 10.0 Å². The van der Waals surface area contributed by atoms with Crippen molar-refractivity contribution in [1.29, 1.82) is 0 Å². The van der Waals surface area contributed by atoms with Crippen LogP contribution < -0.4 is 0 Å². The summed E-state index contributed by atoms with van der Waals surface area (Å²) in [5, 5.41) is 8.66. The van der Waals surface area contributed by atoms with Crippen molar-refractivity contribution in [2.24, 2.45) is 0 Å². The molecule has 2 aromatic carbocycles. The molecule has 2 heterocycles. The van der Waals surface area contributed by atoms with Crippen molar-refractivity contribution in [2.75, 3.05) is 26.2 Å². The van der Waals surface area contributed by atoms with Crippen molar-refractivity contribution in [3.05, 3.63) is 52.0 Å². The molecule has 10 heteroatoms.